The zero-order valence-corrected chi connectivity index (χ0v) is 27.3. The van der Waals surface area contributed by atoms with Gasteiger partial charge in [0.05, 0.1) is 37.9 Å². The van der Waals surface area contributed by atoms with Crippen molar-refractivity contribution < 1.29 is 104 Å². The van der Waals surface area contributed by atoms with E-state index < -0.39 is 149 Å². The highest BCUT2D eigenvalue weighted by Crippen LogP contribution is 2.34. The molecule has 0 amide bonds. The molecule has 4 saturated heterocycles. The topological polar surface area (TPSA) is 345 Å². The van der Waals surface area contributed by atoms with Gasteiger partial charge in [-0.1, -0.05) is 15.9 Å². The summed E-state index contributed by atoms with van der Waals surface area (Å²) < 4.78 is 38.6. The van der Waals surface area contributed by atoms with Crippen molar-refractivity contribution in [2.75, 3.05) is 31.8 Å². The molecule has 4 heterocycles. The summed E-state index contributed by atoms with van der Waals surface area (Å²) in [7, 11) is 0. The second-order valence-corrected chi connectivity index (χ2v) is 12.7. The van der Waals surface area contributed by atoms with Gasteiger partial charge in [-0.3, -0.25) is 4.79 Å². The van der Waals surface area contributed by atoms with Crippen LogP contribution in [0.4, 0.5) is 0 Å². The number of aliphatic hydroxyl groups excluding tert-OH is 13. The number of carbonyl (C=O) groups is 1. The zero-order valence-electron chi connectivity index (χ0n) is 25.7. The first-order valence-electron chi connectivity index (χ1n) is 15.4. The number of carbonyl (C=O) groups excluding carboxylic acids is 1. The quantitative estimate of drug-likeness (QED) is 0.0771. The molecule has 0 saturated carbocycles. The van der Waals surface area contributed by atoms with Gasteiger partial charge in [-0.05, 0) is 0 Å². The summed E-state index contributed by atoms with van der Waals surface area (Å²) in [6.07, 6.45) is -34.6. The standard InChI is InChI=1S/C27H45BrO21/c28-2-7(33)1-8-13(34)16(37)22(10(4-30)43-8)47-26-20(41)18(39)24(12(6-32)45-26)49-27-21(42)17(38)23(11(5-31)46-27)48-25-19(40)15(36)14(35)9(3-29)44-25/h8-27,29-32,34-42H,1-6H2/t8-,9?,10?,11?,12?,13?,14+,15-,16+,17+,18+,19?,20?,21?,22+,23+,24+,25+,26+,27+/m0/s1. The highest BCUT2D eigenvalue weighted by molar-refractivity contribution is 9.09. The van der Waals surface area contributed by atoms with Crippen LogP contribution in [0.1, 0.15) is 6.42 Å². The highest BCUT2D eigenvalue weighted by atomic mass is 79.9. The molecule has 21 nitrogen and oxygen atoms in total. The summed E-state index contributed by atoms with van der Waals surface area (Å²) >= 11 is 2.98. The normalized spacial score (nSPS) is 49.5. The molecule has 13 N–H and O–H groups in total. The van der Waals surface area contributed by atoms with Crippen LogP contribution in [0.25, 0.3) is 0 Å². The van der Waals surface area contributed by atoms with Gasteiger partial charge >= 0.3 is 0 Å². The monoisotopic (exact) mass is 784 g/mol. The summed E-state index contributed by atoms with van der Waals surface area (Å²) in [6, 6.07) is 0. The fourth-order valence-electron chi connectivity index (χ4n) is 6.09. The minimum atomic E-state index is -2.03. The van der Waals surface area contributed by atoms with Gasteiger partial charge < -0.3 is 99.5 Å². The van der Waals surface area contributed by atoms with E-state index in [1.165, 1.54) is 0 Å². The van der Waals surface area contributed by atoms with Gasteiger partial charge in [0.25, 0.3) is 0 Å². The maximum absolute atomic E-state index is 11.8. The summed E-state index contributed by atoms with van der Waals surface area (Å²) in [5.41, 5.74) is 0. The molecule has 286 valence electrons. The van der Waals surface area contributed by atoms with Crippen molar-refractivity contribution >= 4 is 21.7 Å². The first-order valence-corrected chi connectivity index (χ1v) is 16.6. The molecule has 4 aliphatic rings. The molecule has 0 spiro atoms. The van der Waals surface area contributed by atoms with Crippen LogP contribution in [0.3, 0.4) is 0 Å². The fourth-order valence-corrected chi connectivity index (χ4v) is 6.32. The van der Waals surface area contributed by atoms with Gasteiger partial charge in [-0.25, -0.2) is 0 Å². The van der Waals surface area contributed by atoms with Crippen molar-refractivity contribution in [3.05, 3.63) is 0 Å². The van der Waals surface area contributed by atoms with E-state index in [0.29, 0.717) is 0 Å². The van der Waals surface area contributed by atoms with E-state index in [0.717, 1.165) is 0 Å². The molecule has 0 aliphatic carbocycles. The largest absolute Gasteiger partial charge is 0.394 e. The van der Waals surface area contributed by atoms with Crippen molar-refractivity contribution in [2.24, 2.45) is 0 Å². The van der Waals surface area contributed by atoms with Crippen molar-refractivity contribution in [1.29, 1.82) is 0 Å². The summed E-state index contributed by atoms with van der Waals surface area (Å²) in [4.78, 5) is 11.8. The number of ketones is 1. The number of aliphatic hydroxyl groups is 13. The van der Waals surface area contributed by atoms with Gasteiger partial charge in [0.1, 0.15) is 103 Å². The second kappa shape index (κ2) is 17.9. The molecule has 4 fully saturated rings. The van der Waals surface area contributed by atoms with E-state index in [4.69, 9.17) is 33.2 Å². The maximum Gasteiger partial charge on any atom is 0.187 e. The first kappa shape index (κ1) is 41.1. The average Bonchev–Trinajstić information content (AvgIpc) is 3.10. The van der Waals surface area contributed by atoms with E-state index in [9.17, 15) is 71.2 Å². The third kappa shape index (κ3) is 8.77. The number of ether oxygens (including phenoxy) is 7. The molecule has 4 rings (SSSR count). The van der Waals surface area contributed by atoms with E-state index in [1.807, 2.05) is 0 Å². The lowest BCUT2D eigenvalue weighted by Gasteiger charge is -2.49. The third-order valence-electron chi connectivity index (χ3n) is 8.90. The smallest absolute Gasteiger partial charge is 0.187 e. The minimum absolute atomic E-state index is 0.0514. The molecule has 0 aromatic heterocycles. The number of Topliss-reactive ketones (excluding diaryl/α,β-unsaturated/α-hetero) is 1. The van der Waals surface area contributed by atoms with Crippen LogP contribution in [0.2, 0.25) is 0 Å². The summed E-state index contributed by atoms with van der Waals surface area (Å²) in [5, 5.41) is 134. The van der Waals surface area contributed by atoms with E-state index in [-0.39, 0.29) is 17.5 Å². The van der Waals surface area contributed by atoms with E-state index >= 15 is 0 Å². The number of alkyl halides is 1. The summed E-state index contributed by atoms with van der Waals surface area (Å²) in [5.74, 6) is -0.361. The van der Waals surface area contributed by atoms with Crippen molar-refractivity contribution in [1.82, 2.24) is 0 Å². The lowest BCUT2D eigenvalue weighted by atomic mass is 9.92. The Balaban J connectivity index is 1.42. The van der Waals surface area contributed by atoms with Crippen LogP contribution in [0.5, 0.6) is 0 Å². The van der Waals surface area contributed by atoms with Gasteiger partial charge in [0.15, 0.2) is 18.9 Å². The SMILES string of the molecule is O=C(CBr)C[C@@H]1OC(CO)[C@@H](O[C@H]2OC(CO)[C@@H](O[C@H]3OC(CO)[C@@H](O[C@H]4OC(CO)[C@@H](O)[C@H](O)C4O)[C@H](O)C3O)[C@H](O)C2O)[C@H](O)C1O. The molecule has 8 unspecified atom stereocenters. The Hall–Kier alpha value is -0.650. The van der Waals surface area contributed by atoms with Gasteiger partial charge in [-0.2, -0.15) is 0 Å². The molecule has 22 heteroatoms. The Morgan fingerprint density at radius 1 is 0.449 bits per heavy atom. The predicted molar refractivity (Wildman–Crippen MR) is 155 cm³/mol. The predicted octanol–water partition coefficient (Wildman–Crippen LogP) is -8.34. The molecular formula is C27H45BrO21. The van der Waals surface area contributed by atoms with Crippen molar-refractivity contribution in [3.8, 4) is 0 Å². The summed E-state index contributed by atoms with van der Waals surface area (Å²) in [6.45, 7) is -3.35. The molecular weight excluding hydrogens is 740 g/mol. The lowest BCUT2D eigenvalue weighted by Crippen LogP contribution is -2.67. The fraction of sp³-hybridized carbons (Fsp3) is 0.963. The van der Waals surface area contributed by atoms with Crippen LogP contribution in [0, 0.1) is 0 Å². The van der Waals surface area contributed by atoms with E-state index in [2.05, 4.69) is 15.9 Å². The van der Waals surface area contributed by atoms with Crippen LogP contribution >= 0.6 is 15.9 Å². The van der Waals surface area contributed by atoms with Gasteiger partial charge in [-0.15, -0.1) is 0 Å². The molecule has 0 bridgehead atoms. The number of hydrogen-bond donors (Lipinski definition) is 13. The Labute approximate surface area is 286 Å². The van der Waals surface area contributed by atoms with Gasteiger partial charge in [0.2, 0.25) is 0 Å². The molecule has 0 radical (unpaired) electrons. The Morgan fingerprint density at radius 2 is 0.776 bits per heavy atom. The Morgan fingerprint density at radius 3 is 1.16 bits per heavy atom. The average molecular weight is 786 g/mol. The number of hydrogen-bond acceptors (Lipinski definition) is 21. The molecule has 49 heavy (non-hydrogen) atoms. The van der Waals surface area contributed by atoms with Crippen molar-refractivity contribution in [3.63, 3.8) is 0 Å². The zero-order chi connectivity index (χ0) is 36.3. The second-order valence-electron chi connectivity index (χ2n) is 12.2. The minimum Gasteiger partial charge on any atom is -0.394 e. The molecule has 0 aromatic rings. The number of rotatable bonds is 13. The van der Waals surface area contributed by atoms with Crippen LogP contribution in [-0.4, -0.2) is 227 Å². The third-order valence-corrected chi connectivity index (χ3v) is 9.53. The van der Waals surface area contributed by atoms with Gasteiger partial charge in [0, 0.05) is 6.42 Å². The Kier molecular flexibility index (Phi) is 15.0. The molecule has 4 aliphatic heterocycles. The highest BCUT2D eigenvalue weighted by Gasteiger charge is 2.55. The van der Waals surface area contributed by atoms with Crippen LogP contribution in [-0.2, 0) is 38.0 Å². The Bertz CT molecular complexity index is 1040. The lowest BCUT2D eigenvalue weighted by molar-refractivity contribution is -0.385. The molecule has 20 atom stereocenters. The molecule has 0 aromatic carbocycles. The van der Waals surface area contributed by atoms with E-state index in [1.54, 1.807) is 0 Å². The van der Waals surface area contributed by atoms with Crippen LogP contribution in [0.15, 0.2) is 0 Å². The first-order chi connectivity index (χ1) is 23.2. The van der Waals surface area contributed by atoms with Crippen molar-refractivity contribution in [2.45, 2.75) is 129 Å². The maximum atomic E-state index is 11.8. The number of halogens is 1. The van der Waals surface area contributed by atoms with Crippen LogP contribution < -0.4 is 0 Å².